The van der Waals surface area contributed by atoms with Crippen molar-refractivity contribution in [1.82, 2.24) is 4.31 Å². The van der Waals surface area contributed by atoms with Crippen molar-refractivity contribution in [1.29, 1.82) is 0 Å². The van der Waals surface area contributed by atoms with Crippen molar-refractivity contribution in [3.05, 3.63) is 35.4 Å². The van der Waals surface area contributed by atoms with Gasteiger partial charge in [-0.3, -0.25) is 4.79 Å². The highest BCUT2D eigenvalue weighted by molar-refractivity contribution is 7.89. The number of halogens is 1. The molecule has 0 saturated carbocycles. The molecule has 0 radical (unpaired) electrons. The molecular formula is C14H17ClN2O5S. The van der Waals surface area contributed by atoms with Crippen LogP contribution < -0.4 is 5.32 Å². The molecule has 1 aromatic carbocycles. The Morgan fingerprint density at radius 1 is 1.35 bits per heavy atom. The molecule has 0 bridgehead atoms. The van der Waals surface area contributed by atoms with Gasteiger partial charge in [-0.25, -0.2) is 17.5 Å². The van der Waals surface area contributed by atoms with Crippen molar-refractivity contribution in [2.45, 2.75) is 11.8 Å². The molecule has 0 aliphatic carbocycles. The summed E-state index contributed by atoms with van der Waals surface area (Å²) < 4.78 is 30.0. The summed E-state index contributed by atoms with van der Waals surface area (Å²) in [5, 5.41) is 2.47. The molecule has 1 N–H and O–H groups in total. The first kappa shape index (κ1) is 19.1. The number of ether oxygens (including phenoxy) is 1. The van der Waals surface area contributed by atoms with E-state index in [9.17, 15) is 18.0 Å². The second-order valence-corrected chi connectivity index (χ2v) is 7.12. The maximum atomic E-state index is 12.1. The Bertz CT molecular complexity index is 729. The largest absolute Gasteiger partial charge is 0.452 e. The SMILES string of the molecule is C/C=C/C(=O)OCC(=O)Nc1ccc(Cl)c(S(=O)(=O)N(C)C)c1. The minimum atomic E-state index is -3.74. The maximum absolute atomic E-state index is 12.1. The predicted molar refractivity (Wildman–Crippen MR) is 86.7 cm³/mol. The van der Waals surface area contributed by atoms with Crippen LogP contribution in [0, 0.1) is 0 Å². The van der Waals surface area contributed by atoms with E-state index in [0.29, 0.717) is 0 Å². The zero-order valence-corrected chi connectivity index (χ0v) is 14.4. The topological polar surface area (TPSA) is 92.8 Å². The van der Waals surface area contributed by atoms with Crippen LogP contribution in [0.3, 0.4) is 0 Å². The van der Waals surface area contributed by atoms with Gasteiger partial charge in [-0.2, -0.15) is 0 Å². The molecule has 0 aromatic heterocycles. The molecule has 1 rings (SSSR count). The summed E-state index contributed by atoms with van der Waals surface area (Å²) in [5.74, 6) is -1.24. The Kier molecular flexibility index (Phi) is 6.74. The highest BCUT2D eigenvalue weighted by atomic mass is 35.5. The van der Waals surface area contributed by atoms with Gasteiger partial charge in [0.1, 0.15) is 4.90 Å². The van der Waals surface area contributed by atoms with Gasteiger partial charge in [0.25, 0.3) is 5.91 Å². The van der Waals surface area contributed by atoms with E-state index in [0.717, 1.165) is 4.31 Å². The van der Waals surface area contributed by atoms with Gasteiger partial charge in [0.05, 0.1) is 5.02 Å². The molecule has 1 amide bonds. The number of amides is 1. The Labute approximate surface area is 139 Å². The summed E-state index contributed by atoms with van der Waals surface area (Å²) >= 11 is 5.90. The lowest BCUT2D eigenvalue weighted by Gasteiger charge is -2.14. The van der Waals surface area contributed by atoms with E-state index in [1.807, 2.05) is 0 Å². The second kappa shape index (κ2) is 8.09. The third-order valence-corrected chi connectivity index (χ3v) is 4.92. The van der Waals surface area contributed by atoms with Crippen LogP contribution in [0.15, 0.2) is 35.2 Å². The fraction of sp³-hybridized carbons (Fsp3) is 0.286. The van der Waals surface area contributed by atoms with Crippen molar-refractivity contribution in [2.75, 3.05) is 26.0 Å². The normalized spacial score (nSPS) is 11.7. The molecule has 0 fully saturated rings. The Hall–Kier alpha value is -1.90. The van der Waals surface area contributed by atoms with Crippen molar-refractivity contribution in [3.8, 4) is 0 Å². The highest BCUT2D eigenvalue weighted by Crippen LogP contribution is 2.26. The first-order valence-corrected chi connectivity index (χ1v) is 8.31. The van der Waals surface area contributed by atoms with Gasteiger partial charge in [0.15, 0.2) is 6.61 Å². The van der Waals surface area contributed by atoms with Gasteiger partial charge in [0.2, 0.25) is 10.0 Å². The monoisotopic (exact) mass is 360 g/mol. The van der Waals surface area contributed by atoms with Crippen LogP contribution in [0.2, 0.25) is 5.02 Å². The Balaban J connectivity index is 2.87. The van der Waals surface area contributed by atoms with E-state index >= 15 is 0 Å². The van der Waals surface area contributed by atoms with E-state index in [1.54, 1.807) is 6.92 Å². The number of allylic oxidation sites excluding steroid dienone is 1. The summed E-state index contributed by atoms with van der Waals surface area (Å²) in [6.07, 6.45) is 2.66. The van der Waals surface area contributed by atoms with Crippen LogP contribution >= 0.6 is 11.6 Å². The average Bonchev–Trinajstić information content (AvgIpc) is 2.47. The third-order valence-electron chi connectivity index (χ3n) is 2.62. The summed E-state index contributed by atoms with van der Waals surface area (Å²) in [6, 6.07) is 4.05. The number of sulfonamides is 1. The maximum Gasteiger partial charge on any atom is 0.330 e. The number of nitrogens with zero attached hydrogens (tertiary/aromatic N) is 1. The first-order chi connectivity index (χ1) is 10.7. The van der Waals surface area contributed by atoms with Crippen LogP contribution in [0.4, 0.5) is 5.69 Å². The van der Waals surface area contributed by atoms with Crippen LogP contribution in [0.1, 0.15) is 6.92 Å². The lowest BCUT2D eigenvalue weighted by atomic mass is 10.3. The van der Waals surface area contributed by atoms with Crippen molar-refractivity contribution >= 4 is 39.2 Å². The number of nitrogens with one attached hydrogen (secondary N) is 1. The fourth-order valence-electron chi connectivity index (χ4n) is 1.49. The average molecular weight is 361 g/mol. The Morgan fingerprint density at radius 2 is 2.00 bits per heavy atom. The smallest absolute Gasteiger partial charge is 0.330 e. The van der Waals surface area contributed by atoms with E-state index in [2.05, 4.69) is 10.1 Å². The molecule has 0 heterocycles. The zero-order chi connectivity index (χ0) is 17.6. The number of carbonyl (C=O) groups is 2. The number of benzene rings is 1. The minimum absolute atomic E-state index is 0.0382. The molecule has 0 aliphatic rings. The van der Waals surface area contributed by atoms with Gasteiger partial charge in [0, 0.05) is 25.9 Å². The standard InChI is InChI=1S/C14H17ClN2O5S/c1-4-5-14(19)22-9-13(18)16-10-6-7-11(15)12(8-10)23(20,21)17(2)3/h4-8H,9H2,1-3H3,(H,16,18)/b5-4+. The highest BCUT2D eigenvalue weighted by Gasteiger charge is 2.21. The number of carbonyl (C=O) groups excluding carboxylic acids is 2. The first-order valence-electron chi connectivity index (χ1n) is 6.50. The van der Waals surface area contributed by atoms with Crippen molar-refractivity contribution in [2.24, 2.45) is 0 Å². The Morgan fingerprint density at radius 3 is 2.57 bits per heavy atom. The molecular weight excluding hydrogens is 344 g/mol. The minimum Gasteiger partial charge on any atom is -0.452 e. The van der Waals surface area contributed by atoms with Gasteiger partial charge in [-0.1, -0.05) is 17.7 Å². The number of rotatable bonds is 6. The van der Waals surface area contributed by atoms with Crippen molar-refractivity contribution < 1.29 is 22.7 Å². The van der Waals surface area contributed by atoms with E-state index in [4.69, 9.17) is 11.6 Å². The molecule has 0 atom stereocenters. The van der Waals surface area contributed by atoms with Gasteiger partial charge in [-0.05, 0) is 25.1 Å². The van der Waals surface area contributed by atoms with E-state index < -0.39 is 28.5 Å². The van der Waals surface area contributed by atoms with E-state index in [1.165, 1.54) is 44.4 Å². The summed E-state index contributed by atoms with van der Waals surface area (Å²) in [4.78, 5) is 22.7. The predicted octanol–water partition coefficient (Wildman–Crippen LogP) is 1.65. The quantitative estimate of drug-likeness (QED) is 0.615. The number of anilines is 1. The molecule has 9 heteroatoms. The van der Waals surface area contributed by atoms with Crippen LogP contribution in [-0.2, 0) is 24.3 Å². The van der Waals surface area contributed by atoms with Crippen LogP contribution in [0.25, 0.3) is 0 Å². The molecule has 126 valence electrons. The molecule has 0 unspecified atom stereocenters. The number of hydrogen-bond donors (Lipinski definition) is 1. The molecule has 0 spiro atoms. The third kappa shape index (κ3) is 5.34. The molecule has 7 nitrogen and oxygen atoms in total. The summed E-state index contributed by atoms with van der Waals surface area (Å²) in [7, 11) is -0.998. The molecule has 23 heavy (non-hydrogen) atoms. The van der Waals surface area contributed by atoms with Gasteiger partial charge >= 0.3 is 5.97 Å². The number of esters is 1. The van der Waals surface area contributed by atoms with Gasteiger partial charge in [-0.15, -0.1) is 0 Å². The zero-order valence-electron chi connectivity index (χ0n) is 12.9. The lowest BCUT2D eigenvalue weighted by Crippen LogP contribution is -2.23. The number of hydrogen-bond acceptors (Lipinski definition) is 5. The fourth-order valence-corrected chi connectivity index (χ4v) is 2.89. The van der Waals surface area contributed by atoms with Crippen LogP contribution in [-0.4, -0.2) is 45.3 Å². The summed E-state index contributed by atoms with van der Waals surface area (Å²) in [5.41, 5.74) is 0.224. The summed E-state index contributed by atoms with van der Waals surface area (Å²) in [6.45, 7) is 1.16. The molecule has 0 aliphatic heterocycles. The molecule has 0 saturated heterocycles. The van der Waals surface area contributed by atoms with Crippen LogP contribution in [0.5, 0.6) is 0 Å². The van der Waals surface area contributed by atoms with Gasteiger partial charge < -0.3 is 10.1 Å². The molecule has 1 aromatic rings. The second-order valence-electron chi connectivity index (χ2n) is 4.59. The van der Waals surface area contributed by atoms with Crippen molar-refractivity contribution in [3.63, 3.8) is 0 Å². The van der Waals surface area contributed by atoms with E-state index in [-0.39, 0.29) is 15.6 Å². The lowest BCUT2D eigenvalue weighted by molar-refractivity contribution is -0.142.